The van der Waals surface area contributed by atoms with Crippen LogP contribution in [0.3, 0.4) is 0 Å². The summed E-state index contributed by atoms with van der Waals surface area (Å²) in [6.45, 7) is 5.95. The molecule has 0 radical (unpaired) electrons. The van der Waals surface area contributed by atoms with Crippen molar-refractivity contribution in [2.75, 3.05) is 13.1 Å². The highest BCUT2D eigenvalue weighted by atomic mass is 16.5. The quantitative estimate of drug-likeness (QED) is 0.592. The van der Waals surface area contributed by atoms with Gasteiger partial charge in [0, 0.05) is 42.1 Å². The van der Waals surface area contributed by atoms with Crippen molar-refractivity contribution in [1.82, 2.24) is 4.90 Å². The second-order valence-electron chi connectivity index (χ2n) is 10.2. The highest BCUT2D eigenvalue weighted by molar-refractivity contribution is 5.84. The summed E-state index contributed by atoms with van der Waals surface area (Å²) < 4.78 is 12.9. The molecule has 1 fully saturated rings. The van der Waals surface area contributed by atoms with E-state index in [2.05, 4.69) is 30.9 Å². The van der Waals surface area contributed by atoms with Crippen LogP contribution in [0.15, 0.2) is 52.5 Å². The van der Waals surface area contributed by atoms with Gasteiger partial charge < -0.3 is 19.4 Å². The van der Waals surface area contributed by atoms with Gasteiger partial charge in [0.1, 0.15) is 11.3 Å². The minimum absolute atomic E-state index is 0.0252. The summed E-state index contributed by atoms with van der Waals surface area (Å²) in [5.74, 6) is 1.50. The van der Waals surface area contributed by atoms with E-state index < -0.39 is 17.1 Å². The standard InChI is InChI=1S/C27H27NO4/c1-15(2)9-11-28-12-10-26-22-16-7-8-19(29)24(22)32-25(26)23-18(14-27(26,30)21(28)13-16)17-5-3-4-6-20(17)31-23/h3-9,21,25,29-30H,10-14H2,1-2H3. The van der Waals surface area contributed by atoms with Crippen LogP contribution in [0.2, 0.25) is 0 Å². The molecule has 2 aromatic carbocycles. The lowest BCUT2D eigenvalue weighted by atomic mass is 9.49. The highest BCUT2D eigenvalue weighted by Gasteiger charge is 2.73. The minimum Gasteiger partial charge on any atom is -0.504 e. The van der Waals surface area contributed by atoms with E-state index in [1.54, 1.807) is 6.07 Å². The van der Waals surface area contributed by atoms with Crippen LogP contribution in [0.5, 0.6) is 11.5 Å². The Hall–Kier alpha value is -2.76. The number of likely N-dealkylation sites (tertiary alicyclic amines) is 1. The largest absolute Gasteiger partial charge is 0.504 e. The fraction of sp³-hybridized carbons (Fsp3) is 0.407. The van der Waals surface area contributed by atoms with Crippen LogP contribution in [0.4, 0.5) is 0 Å². The molecule has 2 N–H and O–H groups in total. The number of ether oxygens (including phenoxy) is 1. The van der Waals surface area contributed by atoms with Gasteiger partial charge in [0.15, 0.2) is 17.6 Å². The molecule has 4 aliphatic rings. The van der Waals surface area contributed by atoms with E-state index in [9.17, 15) is 10.2 Å². The molecule has 3 aromatic rings. The molecule has 2 aliphatic carbocycles. The number of nitrogens with zero attached hydrogens (tertiary/aromatic N) is 1. The summed E-state index contributed by atoms with van der Waals surface area (Å²) in [6, 6.07) is 11.8. The van der Waals surface area contributed by atoms with Crippen molar-refractivity contribution in [3.8, 4) is 11.5 Å². The van der Waals surface area contributed by atoms with E-state index in [0.29, 0.717) is 12.2 Å². The van der Waals surface area contributed by atoms with Crippen molar-refractivity contribution in [1.29, 1.82) is 0 Å². The smallest absolute Gasteiger partial charge is 0.169 e. The molecule has 2 bridgehead atoms. The molecule has 5 heteroatoms. The van der Waals surface area contributed by atoms with Gasteiger partial charge in [0.2, 0.25) is 0 Å². The molecular formula is C27H27NO4. The van der Waals surface area contributed by atoms with Crippen LogP contribution in [-0.2, 0) is 18.3 Å². The summed E-state index contributed by atoms with van der Waals surface area (Å²) in [5, 5.41) is 24.5. The molecule has 0 saturated carbocycles. The zero-order valence-electron chi connectivity index (χ0n) is 18.4. The van der Waals surface area contributed by atoms with Gasteiger partial charge in [-0.05, 0) is 44.4 Å². The first-order valence-electron chi connectivity index (χ1n) is 11.6. The van der Waals surface area contributed by atoms with E-state index in [0.717, 1.165) is 53.8 Å². The van der Waals surface area contributed by atoms with Gasteiger partial charge in [-0.1, -0.05) is 35.9 Å². The Labute approximate surface area is 186 Å². The van der Waals surface area contributed by atoms with E-state index in [1.807, 2.05) is 24.3 Å². The van der Waals surface area contributed by atoms with Gasteiger partial charge in [-0.15, -0.1) is 0 Å². The zero-order chi connectivity index (χ0) is 21.8. The first kappa shape index (κ1) is 18.8. The molecule has 3 heterocycles. The van der Waals surface area contributed by atoms with Gasteiger partial charge in [-0.2, -0.15) is 0 Å². The minimum atomic E-state index is -1.00. The highest BCUT2D eigenvalue weighted by Crippen LogP contribution is 2.69. The van der Waals surface area contributed by atoms with Gasteiger partial charge in [0.05, 0.1) is 11.0 Å². The molecule has 2 aliphatic heterocycles. The van der Waals surface area contributed by atoms with Gasteiger partial charge in [0.25, 0.3) is 0 Å². The third kappa shape index (κ3) is 2.02. The summed E-state index contributed by atoms with van der Waals surface area (Å²) >= 11 is 0. The van der Waals surface area contributed by atoms with Gasteiger partial charge in [-0.3, -0.25) is 4.90 Å². The number of hydrogen-bond acceptors (Lipinski definition) is 5. The molecule has 1 spiro atoms. The van der Waals surface area contributed by atoms with E-state index >= 15 is 0 Å². The fourth-order valence-electron chi connectivity index (χ4n) is 7.09. The van der Waals surface area contributed by atoms with Crippen molar-refractivity contribution in [3.05, 3.63) is 70.5 Å². The fourth-order valence-corrected chi connectivity index (χ4v) is 7.09. The first-order valence-corrected chi connectivity index (χ1v) is 11.6. The van der Waals surface area contributed by atoms with Crippen LogP contribution in [0.25, 0.3) is 11.0 Å². The second kappa shape index (κ2) is 5.97. The second-order valence-corrected chi connectivity index (χ2v) is 10.2. The summed E-state index contributed by atoms with van der Waals surface area (Å²) in [7, 11) is 0. The molecular weight excluding hydrogens is 402 g/mol. The Balaban J connectivity index is 1.51. The number of phenols is 1. The Morgan fingerprint density at radius 1 is 1.22 bits per heavy atom. The third-order valence-corrected chi connectivity index (χ3v) is 8.47. The van der Waals surface area contributed by atoms with E-state index in [-0.39, 0.29) is 11.8 Å². The first-order chi connectivity index (χ1) is 15.4. The molecule has 1 aromatic heterocycles. The number of rotatable bonds is 2. The number of aromatic hydroxyl groups is 1. The topological polar surface area (TPSA) is 66.1 Å². The van der Waals surface area contributed by atoms with Gasteiger partial charge in [-0.25, -0.2) is 0 Å². The number of hydrogen-bond donors (Lipinski definition) is 2. The summed E-state index contributed by atoms with van der Waals surface area (Å²) in [6.07, 6.45) is 3.87. The maximum absolute atomic E-state index is 12.7. The maximum atomic E-state index is 12.7. The monoisotopic (exact) mass is 429 g/mol. The van der Waals surface area contributed by atoms with Crippen LogP contribution >= 0.6 is 0 Å². The molecule has 7 rings (SSSR count). The lowest BCUT2D eigenvalue weighted by molar-refractivity contribution is -0.173. The van der Waals surface area contributed by atoms with Crippen molar-refractivity contribution in [2.45, 2.75) is 56.3 Å². The normalized spacial score (nSPS) is 31.7. The SMILES string of the molecule is CC(C)=CCN1CCC23c4c5ccc(O)c4OC2c2oc4ccccc4c2CC3(O)C1C5. The predicted molar refractivity (Wildman–Crippen MR) is 121 cm³/mol. The van der Waals surface area contributed by atoms with Crippen molar-refractivity contribution in [3.63, 3.8) is 0 Å². The average molecular weight is 430 g/mol. The number of benzene rings is 2. The summed E-state index contributed by atoms with van der Waals surface area (Å²) in [5.41, 5.74) is 3.74. The van der Waals surface area contributed by atoms with Crippen molar-refractivity contribution < 1.29 is 19.4 Å². The summed E-state index contributed by atoms with van der Waals surface area (Å²) in [4.78, 5) is 2.44. The number of phenolic OH excluding ortho intramolecular Hbond substituents is 1. The Morgan fingerprint density at radius 2 is 2.06 bits per heavy atom. The van der Waals surface area contributed by atoms with Gasteiger partial charge >= 0.3 is 0 Å². The number of para-hydroxylation sites is 1. The van der Waals surface area contributed by atoms with Crippen LogP contribution in [0.1, 0.15) is 48.8 Å². The molecule has 0 amide bonds. The van der Waals surface area contributed by atoms with E-state index in [1.165, 1.54) is 11.1 Å². The van der Waals surface area contributed by atoms with Crippen LogP contribution in [0, 0.1) is 0 Å². The van der Waals surface area contributed by atoms with Crippen molar-refractivity contribution in [2.24, 2.45) is 0 Å². The Morgan fingerprint density at radius 3 is 2.91 bits per heavy atom. The molecule has 4 atom stereocenters. The average Bonchev–Trinajstić information content (AvgIpc) is 3.30. The molecule has 32 heavy (non-hydrogen) atoms. The lowest BCUT2D eigenvalue weighted by Gasteiger charge is -2.62. The number of aliphatic hydroxyl groups is 1. The molecule has 164 valence electrons. The molecule has 4 unspecified atom stereocenters. The van der Waals surface area contributed by atoms with E-state index in [4.69, 9.17) is 9.15 Å². The predicted octanol–water partition coefficient (Wildman–Crippen LogP) is 4.39. The molecule has 1 saturated heterocycles. The van der Waals surface area contributed by atoms with Crippen LogP contribution < -0.4 is 4.74 Å². The van der Waals surface area contributed by atoms with Crippen LogP contribution in [-0.4, -0.2) is 39.8 Å². The lowest BCUT2D eigenvalue weighted by Crippen LogP contribution is -2.74. The molecule has 5 nitrogen and oxygen atoms in total. The number of furan rings is 1. The maximum Gasteiger partial charge on any atom is 0.169 e. The number of fused-ring (bicyclic) bond motifs is 4. The number of allylic oxidation sites excluding steroid dienone is 1. The Kier molecular flexibility index (Phi) is 3.50. The zero-order valence-corrected chi connectivity index (χ0v) is 18.4. The third-order valence-electron chi connectivity index (χ3n) is 8.47. The Bertz CT molecular complexity index is 1320. The number of piperidine rings is 1. The van der Waals surface area contributed by atoms with Crippen molar-refractivity contribution >= 4 is 11.0 Å².